The number of carbonyl (C=O) groups is 1. The molecule has 0 unspecified atom stereocenters. The van der Waals surface area contributed by atoms with Crippen LogP contribution in [0, 0.1) is 23.7 Å². The van der Waals surface area contributed by atoms with Crippen molar-refractivity contribution in [3.05, 3.63) is 35.4 Å². The van der Waals surface area contributed by atoms with Crippen LogP contribution in [0.2, 0.25) is 0 Å². The average Bonchev–Trinajstić information content (AvgIpc) is 2.31. The fourth-order valence-corrected chi connectivity index (χ4v) is 2.16. The predicted octanol–water partition coefficient (Wildman–Crippen LogP) is 2.35. The number of amides is 1. The molecule has 0 spiro atoms. The highest BCUT2D eigenvalue weighted by atomic mass is 16.2. The first-order chi connectivity index (χ1) is 8.66. The maximum Gasteiger partial charge on any atom is 0.240 e. The molecule has 0 saturated heterocycles. The second-order valence-corrected chi connectivity index (χ2v) is 5.04. The third-order valence-electron chi connectivity index (χ3n) is 3.68. The van der Waals surface area contributed by atoms with Crippen LogP contribution in [0.1, 0.15) is 30.4 Å². The van der Waals surface area contributed by atoms with Crippen molar-refractivity contribution in [1.29, 1.82) is 5.26 Å². The van der Waals surface area contributed by atoms with E-state index in [2.05, 4.69) is 42.6 Å². The molecule has 0 radical (unpaired) electrons. The number of nitrogens with zero attached hydrogens (tertiary/aromatic N) is 1. The molecule has 2 rings (SSSR count). The average molecular weight is 242 g/mol. The van der Waals surface area contributed by atoms with Crippen LogP contribution in [0.4, 0.5) is 0 Å². The van der Waals surface area contributed by atoms with Crippen LogP contribution in [0.5, 0.6) is 0 Å². The lowest BCUT2D eigenvalue weighted by Gasteiger charge is -2.33. The summed E-state index contributed by atoms with van der Waals surface area (Å²) < 4.78 is 0. The molecular formula is C15H18N2O. The lowest BCUT2D eigenvalue weighted by atomic mass is 9.69. The Bertz CT molecular complexity index is 466. The van der Waals surface area contributed by atoms with E-state index in [0.717, 1.165) is 12.8 Å². The lowest BCUT2D eigenvalue weighted by Crippen LogP contribution is -2.45. The molecule has 0 heterocycles. The van der Waals surface area contributed by atoms with Crippen molar-refractivity contribution in [3.63, 3.8) is 0 Å². The molecular weight excluding hydrogens is 224 g/mol. The summed E-state index contributed by atoms with van der Waals surface area (Å²) in [4.78, 5) is 11.9. The van der Waals surface area contributed by atoms with Gasteiger partial charge >= 0.3 is 0 Å². The summed E-state index contributed by atoms with van der Waals surface area (Å²) in [5.74, 6) is -0.0941. The Morgan fingerprint density at radius 3 is 2.56 bits per heavy atom. The molecule has 1 amide bonds. The first kappa shape index (κ1) is 12.6. The van der Waals surface area contributed by atoms with E-state index in [1.807, 2.05) is 0 Å². The normalized spacial score (nSPS) is 16.4. The van der Waals surface area contributed by atoms with Gasteiger partial charge in [-0.15, -0.1) is 0 Å². The number of aryl methyl sites for hydroxylation is 1. The maximum atomic E-state index is 11.9. The minimum Gasteiger partial charge on any atom is -0.354 e. The van der Waals surface area contributed by atoms with Crippen LogP contribution in [0.15, 0.2) is 24.3 Å². The van der Waals surface area contributed by atoms with E-state index in [-0.39, 0.29) is 5.91 Å². The van der Waals surface area contributed by atoms with E-state index in [1.54, 1.807) is 0 Å². The molecule has 18 heavy (non-hydrogen) atoms. The minimum absolute atomic E-state index is 0.0941. The smallest absolute Gasteiger partial charge is 0.240 e. The Morgan fingerprint density at radius 2 is 2.06 bits per heavy atom. The Morgan fingerprint density at radius 1 is 1.39 bits per heavy atom. The largest absolute Gasteiger partial charge is 0.354 e. The highest BCUT2D eigenvalue weighted by Crippen LogP contribution is 2.40. The van der Waals surface area contributed by atoms with Crippen LogP contribution in [-0.2, 0) is 11.2 Å². The van der Waals surface area contributed by atoms with Gasteiger partial charge in [0.15, 0.2) is 0 Å². The van der Waals surface area contributed by atoms with Gasteiger partial charge in [-0.05, 0) is 38.2 Å². The molecule has 0 aliphatic heterocycles. The second-order valence-electron chi connectivity index (χ2n) is 5.04. The van der Waals surface area contributed by atoms with Gasteiger partial charge in [0, 0.05) is 6.54 Å². The molecule has 0 atom stereocenters. The summed E-state index contributed by atoms with van der Waals surface area (Å²) in [6, 6.07) is 10.4. The van der Waals surface area contributed by atoms with Crippen molar-refractivity contribution in [3.8, 4) is 6.07 Å². The number of carbonyl (C=O) groups excluding carboxylic acids is 1. The zero-order valence-electron chi connectivity index (χ0n) is 10.7. The Hall–Kier alpha value is -1.82. The fraction of sp³-hybridized carbons (Fsp3) is 0.467. The van der Waals surface area contributed by atoms with Gasteiger partial charge in [0.2, 0.25) is 5.91 Å². The van der Waals surface area contributed by atoms with Gasteiger partial charge in [-0.1, -0.05) is 29.8 Å². The monoisotopic (exact) mass is 242 g/mol. The van der Waals surface area contributed by atoms with E-state index in [9.17, 15) is 4.79 Å². The lowest BCUT2D eigenvalue weighted by molar-refractivity contribution is -0.131. The molecule has 1 aromatic rings. The summed E-state index contributed by atoms with van der Waals surface area (Å²) in [7, 11) is 0. The quantitative estimate of drug-likeness (QED) is 0.881. The van der Waals surface area contributed by atoms with Gasteiger partial charge in [-0.25, -0.2) is 0 Å². The number of hydrogen-bond donors (Lipinski definition) is 1. The van der Waals surface area contributed by atoms with Gasteiger partial charge in [0.05, 0.1) is 6.07 Å². The van der Waals surface area contributed by atoms with Gasteiger partial charge in [0.1, 0.15) is 5.41 Å². The Labute approximate surface area is 108 Å². The predicted molar refractivity (Wildman–Crippen MR) is 69.8 cm³/mol. The summed E-state index contributed by atoms with van der Waals surface area (Å²) in [6.07, 6.45) is 3.21. The number of nitrogens with one attached hydrogen (secondary N) is 1. The number of benzene rings is 1. The third kappa shape index (κ3) is 2.53. The van der Waals surface area contributed by atoms with Gasteiger partial charge < -0.3 is 5.32 Å². The molecule has 1 aromatic carbocycles. The van der Waals surface area contributed by atoms with E-state index in [0.29, 0.717) is 19.4 Å². The molecule has 3 heteroatoms. The standard InChI is InChI=1S/C15H18N2O/c1-12-3-5-13(6-4-12)7-10-17-14(18)15(11-16)8-2-9-15/h3-6H,2,7-10H2,1H3,(H,17,18). The van der Waals surface area contributed by atoms with E-state index in [1.165, 1.54) is 11.1 Å². The molecule has 3 nitrogen and oxygen atoms in total. The van der Waals surface area contributed by atoms with Crippen molar-refractivity contribution < 1.29 is 4.79 Å². The van der Waals surface area contributed by atoms with Crippen molar-refractivity contribution in [2.45, 2.75) is 32.6 Å². The van der Waals surface area contributed by atoms with E-state index in [4.69, 9.17) is 5.26 Å². The van der Waals surface area contributed by atoms with Crippen LogP contribution in [0.25, 0.3) is 0 Å². The Balaban J connectivity index is 1.80. The van der Waals surface area contributed by atoms with Gasteiger partial charge in [-0.2, -0.15) is 5.26 Å². The molecule has 1 aliphatic carbocycles. The minimum atomic E-state index is -0.729. The maximum absolute atomic E-state index is 11.9. The molecule has 94 valence electrons. The summed E-state index contributed by atoms with van der Waals surface area (Å²) in [5.41, 5.74) is 1.72. The molecule has 1 fully saturated rings. The first-order valence-electron chi connectivity index (χ1n) is 6.41. The summed E-state index contributed by atoms with van der Waals surface area (Å²) in [6.45, 7) is 2.66. The summed E-state index contributed by atoms with van der Waals surface area (Å²) in [5, 5.41) is 11.9. The zero-order valence-corrected chi connectivity index (χ0v) is 10.7. The SMILES string of the molecule is Cc1ccc(CCNC(=O)C2(C#N)CCC2)cc1. The van der Waals surface area contributed by atoms with Crippen LogP contribution < -0.4 is 5.32 Å². The number of rotatable bonds is 4. The topological polar surface area (TPSA) is 52.9 Å². The third-order valence-corrected chi connectivity index (χ3v) is 3.68. The van der Waals surface area contributed by atoms with Crippen molar-refractivity contribution >= 4 is 5.91 Å². The van der Waals surface area contributed by atoms with E-state index < -0.39 is 5.41 Å². The molecule has 1 saturated carbocycles. The van der Waals surface area contributed by atoms with E-state index >= 15 is 0 Å². The summed E-state index contributed by atoms with van der Waals surface area (Å²) >= 11 is 0. The van der Waals surface area contributed by atoms with Crippen molar-refractivity contribution in [2.24, 2.45) is 5.41 Å². The van der Waals surface area contributed by atoms with Crippen LogP contribution >= 0.6 is 0 Å². The fourth-order valence-electron chi connectivity index (χ4n) is 2.16. The van der Waals surface area contributed by atoms with Gasteiger partial charge in [-0.3, -0.25) is 4.79 Å². The number of hydrogen-bond acceptors (Lipinski definition) is 2. The highest BCUT2D eigenvalue weighted by molar-refractivity contribution is 5.86. The molecule has 1 aliphatic rings. The van der Waals surface area contributed by atoms with Gasteiger partial charge in [0.25, 0.3) is 0 Å². The molecule has 0 bridgehead atoms. The van der Waals surface area contributed by atoms with Crippen LogP contribution in [-0.4, -0.2) is 12.5 Å². The Kier molecular flexibility index (Phi) is 3.66. The number of nitriles is 1. The van der Waals surface area contributed by atoms with Crippen molar-refractivity contribution in [2.75, 3.05) is 6.54 Å². The molecule has 0 aromatic heterocycles. The zero-order chi connectivity index (χ0) is 13.0. The first-order valence-corrected chi connectivity index (χ1v) is 6.41. The molecule has 1 N–H and O–H groups in total. The van der Waals surface area contributed by atoms with Crippen LogP contribution in [0.3, 0.4) is 0 Å². The second kappa shape index (κ2) is 5.22. The highest BCUT2D eigenvalue weighted by Gasteiger charge is 2.44. The van der Waals surface area contributed by atoms with Crippen molar-refractivity contribution in [1.82, 2.24) is 5.32 Å².